The molecule has 1 heterocycles. The van der Waals surface area contributed by atoms with Gasteiger partial charge >= 0.3 is 0 Å². The molecule has 14 heavy (non-hydrogen) atoms. The van der Waals surface area contributed by atoms with E-state index in [1.165, 1.54) is 23.7 Å². The van der Waals surface area contributed by atoms with E-state index in [2.05, 4.69) is 55.7 Å². The number of benzene rings is 1. The topological polar surface area (TPSA) is 4.93 Å². The minimum absolute atomic E-state index is 0.593. The summed E-state index contributed by atoms with van der Waals surface area (Å²) in [6, 6.07) is 8.85. The van der Waals surface area contributed by atoms with Crippen LogP contribution < -0.4 is 0 Å². The highest BCUT2D eigenvalue weighted by atomic mass is 15.0. The molecule has 0 saturated carbocycles. The van der Waals surface area contributed by atoms with Crippen LogP contribution in [-0.4, -0.2) is 11.8 Å². The largest absolute Gasteiger partial charge is 0.353 e. The summed E-state index contributed by atoms with van der Waals surface area (Å²) in [5.74, 6) is 0.593. The molecule has 0 aliphatic heterocycles. The lowest BCUT2D eigenvalue weighted by atomic mass is 9.73. The van der Waals surface area contributed by atoms with Crippen molar-refractivity contribution in [1.82, 2.24) is 4.57 Å². The first-order valence-corrected chi connectivity index (χ1v) is 5.29. The first-order chi connectivity index (χ1) is 6.72. The highest BCUT2D eigenvalue weighted by Gasteiger charge is 2.06. The van der Waals surface area contributed by atoms with E-state index in [-0.39, 0.29) is 0 Å². The van der Waals surface area contributed by atoms with E-state index in [4.69, 9.17) is 0 Å². The van der Waals surface area contributed by atoms with E-state index in [1.54, 1.807) is 0 Å². The van der Waals surface area contributed by atoms with Crippen LogP contribution in [0, 0.1) is 6.92 Å². The fourth-order valence-electron chi connectivity index (χ4n) is 1.86. The van der Waals surface area contributed by atoms with Crippen LogP contribution in [0.25, 0.3) is 10.9 Å². The fraction of sp³-hybridized carbons (Fsp3) is 0.333. The van der Waals surface area contributed by atoms with Gasteiger partial charge in [0.25, 0.3) is 0 Å². The SMILES string of the molecule is CBC(C)n1ccc2cc(C)ccc21. The predicted octanol–water partition coefficient (Wildman–Crippen LogP) is 2.95. The van der Waals surface area contributed by atoms with Crippen LogP contribution in [0.2, 0.25) is 6.82 Å². The maximum Gasteiger partial charge on any atom is 0.146 e. The zero-order valence-electron chi connectivity index (χ0n) is 9.12. The van der Waals surface area contributed by atoms with Gasteiger partial charge in [-0.1, -0.05) is 25.4 Å². The number of fused-ring (bicyclic) bond motifs is 1. The zero-order chi connectivity index (χ0) is 10.1. The van der Waals surface area contributed by atoms with Crippen molar-refractivity contribution in [3.05, 3.63) is 36.0 Å². The van der Waals surface area contributed by atoms with Crippen molar-refractivity contribution in [2.24, 2.45) is 0 Å². The summed E-state index contributed by atoms with van der Waals surface area (Å²) in [7, 11) is 1.18. The smallest absolute Gasteiger partial charge is 0.146 e. The van der Waals surface area contributed by atoms with Gasteiger partial charge in [0.05, 0.1) is 0 Å². The molecule has 0 fully saturated rings. The third kappa shape index (κ3) is 1.45. The van der Waals surface area contributed by atoms with Crippen LogP contribution >= 0.6 is 0 Å². The van der Waals surface area contributed by atoms with Crippen LogP contribution in [0.4, 0.5) is 0 Å². The molecule has 1 nitrogen and oxygen atoms in total. The van der Waals surface area contributed by atoms with Crippen molar-refractivity contribution in [1.29, 1.82) is 0 Å². The molecular weight excluding hydrogens is 169 g/mol. The Morgan fingerprint density at radius 3 is 2.79 bits per heavy atom. The third-order valence-electron chi connectivity index (χ3n) is 2.94. The molecule has 0 saturated heterocycles. The lowest BCUT2D eigenvalue weighted by molar-refractivity contribution is 0.750. The zero-order valence-corrected chi connectivity index (χ0v) is 9.12. The van der Waals surface area contributed by atoms with E-state index >= 15 is 0 Å². The van der Waals surface area contributed by atoms with Crippen LogP contribution in [0.1, 0.15) is 18.4 Å². The summed E-state index contributed by atoms with van der Waals surface area (Å²) in [4.78, 5) is 0. The fourth-order valence-corrected chi connectivity index (χ4v) is 1.86. The van der Waals surface area contributed by atoms with Gasteiger partial charge < -0.3 is 4.57 Å². The van der Waals surface area contributed by atoms with Gasteiger partial charge in [0.1, 0.15) is 7.28 Å². The molecule has 2 rings (SSSR count). The molecule has 2 aromatic rings. The maximum atomic E-state index is 2.36. The van der Waals surface area contributed by atoms with Gasteiger partial charge in [-0.2, -0.15) is 0 Å². The molecule has 72 valence electrons. The molecular formula is C12H16BN. The average molecular weight is 185 g/mol. The van der Waals surface area contributed by atoms with Gasteiger partial charge in [0.2, 0.25) is 0 Å². The van der Waals surface area contributed by atoms with E-state index in [1.807, 2.05) is 0 Å². The molecule has 0 spiro atoms. The Morgan fingerprint density at radius 2 is 2.07 bits per heavy atom. The lowest BCUT2D eigenvalue weighted by Crippen LogP contribution is -2.08. The molecule has 0 bridgehead atoms. The molecule has 0 N–H and O–H groups in total. The van der Waals surface area contributed by atoms with Crippen LogP contribution in [0.5, 0.6) is 0 Å². The Balaban J connectivity index is 2.58. The summed E-state index contributed by atoms with van der Waals surface area (Å²) in [6.45, 7) is 6.63. The second-order valence-corrected chi connectivity index (χ2v) is 4.04. The van der Waals surface area contributed by atoms with E-state index in [9.17, 15) is 0 Å². The van der Waals surface area contributed by atoms with Gasteiger partial charge in [-0.3, -0.25) is 0 Å². The van der Waals surface area contributed by atoms with Crippen molar-refractivity contribution >= 4 is 18.2 Å². The van der Waals surface area contributed by atoms with Crippen LogP contribution in [0.15, 0.2) is 30.5 Å². The summed E-state index contributed by atoms with van der Waals surface area (Å²) in [5.41, 5.74) is 2.68. The Kier molecular flexibility index (Phi) is 2.36. The number of aryl methyl sites for hydroxylation is 1. The van der Waals surface area contributed by atoms with Crippen molar-refractivity contribution in [2.45, 2.75) is 26.6 Å². The molecule has 1 unspecified atom stereocenters. The Labute approximate surface area is 86.0 Å². The first-order valence-electron chi connectivity index (χ1n) is 5.29. The van der Waals surface area contributed by atoms with Crippen LogP contribution in [-0.2, 0) is 0 Å². The quantitative estimate of drug-likeness (QED) is 0.634. The monoisotopic (exact) mass is 185 g/mol. The molecule has 2 heteroatoms. The highest BCUT2D eigenvalue weighted by molar-refractivity contribution is 6.34. The molecule has 0 amide bonds. The van der Waals surface area contributed by atoms with E-state index < -0.39 is 0 Å². The summed E-state index contributed by atoms with van der Waals surface area (Å²) >= 11 is 0. The highest BCUT2D eigenvalue weighted by Crippen LogP contribution is 2.20. The van der Waals surface area contributed by atoms with Gasteiger partial charge in [-0.05, 0) is 30.5 Å². The third-order valence-corrected chi connectivity index (χ3v) is 2.94. The summed E-state index contributed by atoms with van der Waals surface area (Å²) < 4.78 is 2.36. The van der Waals surface area contributed by atoms with Gasteiger partial charge in [0.15, 0.2) is 0 Å². The second-order valence-electron chi connectivity index (χ2n) is 4.04. The predicted molar refractivity (Wildman–Crippen MR) is 64.4 cm³/mol. The minimum atomic E-state index is 0.593. The Morgan fingerprint density at radius 1 is 1.29 bits per heavy atom. The minimum Gasteiger partial charge on any atom is -0.353 e. The van der Waals surface area contributed by atoms with Crippen molar-refractivity contribution in [2.75, 3.05) is 0 Å². The maximum absolute atomic E-state index is 2.36. The van der Waals surface area contributed by atoms with Gasteiger partial charge in [-0.15, -0.1) is 0 Å². The normalized spacial score (nSPS) is 13.1. The molecule has 1 aromatic heterocycles. The first kappa shape index (κ1) is 9.38. The summed E-state index contributed by atoms with van der Waals surface area (Å²) in [5, 5.41) is 1.35. The number of aromatic nitrogens is 1. The van der Waals surface area contributed by atoms with E-state index in [0.717, 1.165) is 0 Å². The molecule has 1 atom stereocenters. The number of hydrogen-bond donors (Lipinski definition) is 0. The van der Waals surface area contributed by atoms with Gasteiger partial charge in [-0.25, -0.2) is 0 Å². The van der Waals surface area contributed by atoms with E-state index in [0.29, 0.717) is 5.94 Å². The second kappa shape index (κ2) is 3.53. The molecule has 0 aliphatic rings. The van der Waals surface area contributed by atoms with Crippen molar-refractivity contribution < 1.29 is 0 Å². The van der Waals surface area contributed by atoms with Crippen LogP contribution in [0.3, 0.4) is 0 Å². The summed E-state index contributed by atoms with van der Waals surface area (Å²) in [6.07, 6.45) is 2.19. The lowest BCUT2D eigenvalue weighted by Gasteiger charge is -2.11. The molecule has 0 aliphatic carbocycles. The van der Waals surface area contributed by atoms with Crippen molar-refractivity contribution in [3.8, 4) is 0 Å². The molecule has 0 radical (unpaired) electrons. The number of rotatable bonds is 2. The Bertz CT molecular complexity index is 445. The Hall–Kier alpha value is -1.18. The number of hydrogen-bond acceptors (Lipinski definition) is 0. The van der Waals surface area contributed by atoms with Gasteiger partial charge in [0, 0.05) is 17.7 Å². The average Bonchev–Trinajstić information content (AvgIpc) is 2.59. The standard InChI is InChI=1S/C12H16BN/c1-9-4-5-12-11(8-9)6-7-14(12)10(2)13-3/h4-8,10,13H,1-3H3. The molecule has 1 aromatic carbocycles. The van der Waals surface area contributed by atoms with Crippen molar-refractivity contribution in [3.63, 3.8) is 0 Å². The number of nitrogens with zero attached hydrogens (tertiary/aromatic N) is 1.